The Morgan fingerprint density at radius 3 is 2.06 bits per heavy atom. The number of aromatic nitrogens is 2. The Hall–Kier alpha value is -1.97. The van der Waals surface area contributed by atoms with E-state index in [9.17, 15) is 24.6 Å². The van der Waals surface area contributed by atoms with Crippen LogP contribution in [0, 0.1) is 0 Å². The van der Waals surface area contributed by atoms with Crippen LogP contribution in [0.3, 0.4) is 0 Å². The van der Waals surface area contributed by atoms with E-state index >= 15 is 0 Å². The molecule has 3 N–H and O–H groups in total. The van der Waals surface area contributed by atoms with Crippen molar-refractivity contribution in [2.45, 2.75) is 121 Å². The summed E-state index contributed by atoms with van der Waals surface area (Å²) in [5, 5.41) is 20.4. The maximum absolute atomic E-state index is 12.0. The van der Waals surface area contributed by atoms with E-state index in [1.807, 2.05) is 0 Å². The molecule has 0 aromatic carbocycles. The summed E-state index contributed by atoms with van der Waals surface area (Å²) in [7, 11) is 0. The highest BCUT2D eigenvalue weighted by Crippen LogP contribution is 2.28. The van der Waals surface area contributed by atoms with Gasteiger partial charge >= 0.3 is 11.7 Å². The van der Waals surface area contributed by atoms with Gasteiger partial charge in [-0.25, -0.2) is 4.79 Å². The van der Waals surface area contributed by atoms with Crippen LogP contribution in [0.15, 0.2) is 21.9 Å². The van der Waals surface area contributed by atoms with Crippen LogP contribution in [0.1, 0.15) is 103 Å². The Labute approximate surface area is 201 Å². The van der Waals surface area contributed by atoms with E-state index < -0.39 is 35.8 Å². The third-order valence-corrected chi connectivity index (χ3v) is 6.36. The van der Waals surface area contributed by atoms with Gasteiger partial charge in [-0.05, 0) is 6.42 Å². The molecule has 1 aliphatic heterocycles. The van der Waals surface area contributed by atoms with Crippen molar-refractivity contribution in [3.05, 3.63) is 33.1 Å². The lowest BCUT2D eigenvalue weighted by molar-refractivity contribution is -0.150. The highest BCUT2D eigenvalue weighted by molar-refractivity contribution is 5.69. The second kappa shape index (κ2) is 15.8. The van der Waals surface area contributed by atoms with Crippen LogP contribution < -0.4 is 11.2 Å². The molecule has 34 heavy (non-hydrogen) atoms. The molecule has 0 spiro atoms. The van der Waals surface area contributed by atoms with Gasteiger partial charge in [0.1, 0.15) is 24.9 Å². The molecule has 0 saturated carbocycles. The summed E-state index contributed by atoms with van der Waals surface area (Å²) >= 11 is 0. The lowest BCUT2D eigenvalue weighted by atomic mass is 10.0. The molecule has 194 valence electrons. The number of rotatable bonds is 17. The van der Waals surface area contributed by atoms with E-state index in [0.717, 1.165) is 29.9 Å². The number of H-pyrrole nitrogens is 1. The molecule has 4 atom stereocenters. The third kappa shape index (κ3) is 9.72. The SMILES string of the molecule is CCCCCCCCCCCCCCCC(=O)OC[C@H]1O[C@@H](n2ccc(=O)[nH]c2=O)[C@H](O)[C@@H]1O. The second-order valence-corrected chi connectivity index (χ2v) is 9.24. The van der Waals surface area contributed by atoms with Gasteiger partial charge in [-0.1, -0.05) is 84.0 Å². The van der Waals surface area contributed by atoms with Gasteiger partial charge in [-0.2, -0.15) is 0 Å². The molecule has 2 heterocycles. The molecule has 1 fully saturated rings. The van der Waals surface area contributed by atoms with Gasteiger partial charge in [0.05, 0.1) is 0 Å². The number of aliphatic hydroxyl groups is 2. The number of aromatic amines is 1. The highest BCUT2D eigenvalue weighted by atomic mass is 16.6. The largest absolute Gasteiger partial charge is 0.463 e. The molecule has 1 aromatic heterocycles. The monoisotopic (exact) mass is 482 g/mol. The average molecular weight is 483 g/mol. The molecule has 1 aliphatic rings. The number of hydrogen-bond donors (Lipinski definition) is 3. The van der Waals surface area contributed by atoms with Crippen molar-refractivity contribution in [2.75, 3.05) is 6.61 Å². The first kappa shape index (κ1) is 28.3. The predicted octanol–water partition coefficient (Wildman–Crippen LogP) is 3.18. The Morgan fingerprint density at radius 1 is 0.941 bits per heavy atom. The van der Waals surface area contributed by atoms with Crippen LogP contribution in [0.4, 0.5) is 0 Å². The number of aliphatic hydroxyl groups excluding tert-OH is 2. The number of nitrogens with zero attached hydrogens (tertiary/aromatic N) is 1. The number of hydrogen-bond acceptors (Lipinski definition) is 7. The Kier molecular flexibility index (Phi) is 13.2. The van der Waals surface area contributed by atoms with E-state index in [0.29, 0.717) is 6.42 Å². The number of carbonyl (C=O) groups excluding carboxylic acids is 1. The average Bonchev–Trinajstić information content (AvgIpc) is 3.09. The maximum Gasteiger partial charge on any atom is 0.330 e. The molecule has 9 heteroatoms. The van der Waals surface area contributed by atoms with E-state index in [1.165, 1.54) is 70.4 Å². The molecular formula is C25H42N2O7. The van der Waals surface area contributed by atoms with Gasteiger partial charge in [0, 0.05) is 18.7 Å². The van der Waals surface area contributed by atoms with E-state index in [1.54, 1.807) is 0 Å². The molecular weight excluding hydrogens is 440 g/mol. The molecule has 0 bridgehead atoms. The zero-order valence-corrected chi connectivity index (χ0v) is 20.5. The minimum Gasteiger partial charge on any atom is -0.463 e. The Bertz CT molecular complexity index is 822. The number of carbonyl (C=O) groups is 1. The highest BCUT2D eigenvalue weighted by Gasteiger charge is 2.44. The van der Waals surface area contributed by atoms with Crippen molar-refractivity contribution in [1.82, 2.24) is 9.55 Å². The van der Waals surface area contributed by atoms with Gasteiger partial charge in [0.15, 0.2) is 6.23 Å². The van der Waals surface area contributed by atoms with E-state index in [4.69, 9.17) is 9.47 Å². The summed E-state index contributed by atoms with van der Waals surface area (Å²) in [6, 6.07) is 1.12. The fraction of sp³-hybridized carbons (Fsp3) is 0.800. The maximum atomic E-state index is 12.0. The van der Waals surface area contributed by atoms with Crippen LogP contribution in [0.25, 0.3) is 0 Å². The van der Waals surface area contributed by atoms with Crippen molar-refractivity contribution >= 4 is 5.97 Å². The quantitative estimate of drug-likeness (QED) is 0.230. The number of ether oxygens (including phenoxy) is 2. The summed E-state index contributed by atoms with van der Waals surface area (Å²) in [4.78, 5) is 37.2. The van der Waals surface area contributed by atoms with Crippen LogP contribution in [0.5, 0.6) is 0 Å². The van der Waals surface area contributed by atoms with Gasteiger partial charge in [0.2, 0.25) is 0 Å². The minimum absolute atomic E-state index is 0.218. The number of esters is 1. The molecule has 2 rings (SSSR count). The van der Waals surface area contributed by atoms with Crippen molar-refractivity contribution < 1.29 is 24.5 Å². The van der Waals surface area contributed by atoms with Crippen molar-refractivity contribution in [2.24, 2.45) is 0 Å². The topological polar surface area (TPSA) is 131 Å². The first-order valence-electron chi connectivity index (χ1n) is 12.9. The van der Waals surface area contributed by atoms with Crippen molar-refractivity contribution in [3.8, 4) is 0 Å². The van der Waals surface area contributed by atoms with Gasteiger partial charge in [0.25, 0.3) is 5.56 Å². The lowest BCUT2D eigenvalue weighted by Crippen LogP contribution is -2.37. The van der Waals surface area contributed by atoms with Gasteiger partial charge in [-0.3, -0.25) is 19.1 Å². The first-order valence-corrected chi connectivity index (χ1v) is 12.9. The first-order chi connectivity index (χ1) is 16.4. The van der Waals surface area contributed by atoms with Crippen LogP contribution in [0.2, 0.25) is 0 Å². The molecule has 0 aliphatic carbocycles. The van der Waals surface area contributed by atoms with Crippen LogP contribution in [-0.2, 0) is 14.3 Å². The molecule has 9 nitrogen and oxygen atoms in total. The normalized spacial score (nSPS) is 22.2. The zero-order valence-electron chi connectivity index (χ0n) is 20.5. The fourth-order valence-corrected chi connectivity index (χ4v) is 4.26. The van der Waals surface area contributed by atoms with Gasteiger partial charge in [-0.15, -0.1) is 0 Å². The van der Waals surface area contributed by atoms with Gasteiger partial charge < -0.3 is 19.7 Å². The van der Waals surface area contributed by atoms with E-state index in [2.05, 4.69) is 11.9 Å². The van der Waals surface area contributed by atoms with Crippen molar-refractivity contribution in [3.63, 3.8) is 0 Å². The predicted molar refractivity (Wildman–Crippen MR) is 129 cm³/mol. The standard InChI is InChI=1S/C25H42N2O7/c1-2-3-4-5-6-7-8-9-10-11-12-13-14-15-21(29)33-18-19-22(30)23(31)24(34-19)27-17-16-20(28)26-25(27)32/h16-17,19,22-24,30-31H,2-15,18H2,1H3,(H,26,28,32)/t19-,22-,23-,24-/m1/s1. The molecule has 0 radical (unpaired) electrons. The lowest BCUT2D eigenvalue weighted by Gasteiger charge is -2.16. The summed E-state index contributed by atoms with van der Waals surface area (Å²) < 4.78 is 11.7. The summed E-state index contributed by atoms with van der Waals surface area (Å²) in [5.41, 5.74) is -1.34. The smallest absolute Gasteiger partial charge is 0.330 e. The van der Waals surface area contributed by atoms with E-state index in [-0.39, 0.29) is 12.6 Å². The molecule has 0 unspecified atom stereocenters. The fourth-order valence-electron chi connectivity index (χ4n) is 4.26. The third-order valence-electron chi connectivity index (χ3n) is 6.36. The zero-order chi connectivity index (χ0) is 24.8. The Morgan fingerprint density at radius 2 is 1.50 bits per heavy atom. The van der Waals surface area contributed by atoms with Crippen molar-refractivity contribution in [1.29, 1.82) is 0 Å². The Balaban J connectivity index is 1.53. The summed E-state index contributed by atoms with van der Waals surface area (Å²) in [6.07, 6.45) is 12.6. The molecule has 1 aromatic rings. The summed E-state index contributed by atoms with van der Waals surface area (Å²) in [6.45, 7) is 2.02. The second-order valence-electron chi connectivity index (χ2n) is 9.24. The number of unbranched alkanes of at least 4 members (excludes halogenated alkanes) is 12. The van der Waals surface area contributed by atoms with Crippen LogP contribution >= 0.6 is 0 Å². The number of nitrogens with one attached hydrogen (secondary N) is 1. The molecule has 1 saturated heterocycles. The minimum atomic E-state index is -1.40. The van der Waals surface area contributed by atoms with Crippen LogP contribution in [-0.4, -0.2) is 50.7 Å². The summed E-state index contributed by atoms with van der Waals surface area (Å²) in [5.74, 6) is -0.377. The molecule has 0 amide bonds.